The Morgan fingerprint density at radius 3 is 1.12 bits per heavy atom. The van der Waals surface area contributed by atoms with Crippen LogP contribution in [0.5, 0.6) is 0 Å². The molecule has 0 saturated carbocycles. The Morgan fingerprint density at radius 2 is 0.733 bits per heavy atom. The second-order valence-electron chi connectivity index (χ2n) is 27.1. The van der Waals surface area contributed by atoms with Crippen molar-refractivity contribution in [1.29, 1.82) is 0 Å². The van der Waals surface area contributed by atoms with Gasteiger partial charge in [-0.3, -0.25) is 4.79 Å². The van der Waals surface area contributed by atoms with E-state index >= 15 is 0 Å². The maximum Gasteiger partial charge on any atom is 0.220 e. The smallest absolute Gasteiger partial charge is 0.220 e. The lowest BCUT2D eigenvalue weighted by Crippen LogP contribution is -2.65. The molecule has 2 heterocycles. The van der Waals surface area contributed by atoms with Gasteiger partial charge in [-0.2, -0.15) is 0 Å². The number of rotatable bonds is 64. The van der Waals surface area contributed by atoms with Crippen LogP contribution in [0.15, 0.2) is 36.5 Å². The maximum atomic E-state index is 13.4. The molecule has 2 fully saturated rings. The first-order valence-electron chi connectivity index (χ1n) is 38.2. The third-order valence-electron chi connectivity index (χ3n) is 18.9. The van der Waals surface area contributed by atoms with Gasteiger partial charge in [-0.25, -0.2) is 0 Å². The van der Waals surface area contributed by atoms with E-state index < -0.39 is 86.8 Å². The Balaban J connectivity index is 1.60. The lowest BCUT2D eigenvalue weighted by molar-refractivity contribution is -0.359. The highest BCUT2D eigenvalue weighted by Crippen LogP contribution is 2.30. The summed E-state index contributed by atoms with van der Waals surface area (Å²) in [6.07, 6.45) is 61.7. The number of hydrogen-bond acceptors (Lipinski definition) is 13. The first-order chi connectivity index (χ1) is 44.1. The van der Waals surface area contributed by atoms with Crippen LogP contribution in [0.25, 0.3) is 0 Å². The molecule has 0 bridgehead atoms. The van der Waals surface area contributed by atoms with Crippen LogP contribution < -0.4 is 5.32 Å². The predicted octanol–water partition coefficient (Wildman–Crippen LogP) is 16.5. The number of aliphatic hydroxyl groups is 8. The lowest BCUT2D eigenvalue weighted by Gasteiger charge is -2.46. The Kier molecular flexibility index (Phi) is 57.0. The minimum absolute atomic E-state index is 0.200. The first-order valence-corrected chi connectivity index (χ1v) is 38.2. The van der Waals surface area contributed by atoms with E-state index in [0.717, 1.165) is 64.2 Å². The van der Waals surface area contributed by atoms with Gasteiger partial charge in [0.25, 0.3) is 0 Å². The highest BCUT2D eigenvalue weighted by molar-refractivity contribution is 5.76. The third kappa shape index (κ3) is 44.0. The third-order valence-corrected chi connectivity index (χ3v) is 18.9. The molecule has 12 unspecified atom stereocenters. The van der Waals surface area contributed by atoms with E-state index in [9.17, 15) is 45.6 Å². The van der Waals surface area contributed by atoms with Crippen LogP contribution in [0.1, 0.15) is 348 Å². The molecule has 0 aromatic rings. The second kappa shape index (κ2) is 60.8. The fraction of sp³-hybridized carbons (Fsp3) is 0.908. The van der Waals surface area contributed by atoms with Crippen LogP contribution in [0.2, 0.25) is 0 Å². The number of allylic oxidation sites excluding steroid dienone is 6. The van der Waals surface area contributed by atoms with E-state index in [0.29, 0.717) is 12.8 Å². The SMILES string of the molecule is CCCCCCC/C=C\C/C=C\C/C=C\CCCCCCCCCCCCCCCCCCCCCCC(=O)NC(COC1OC(CO)C(OC2OC(CO)C(O)C(O)C2O)C(O)C1O)C(O)CCCCCCCCCCCCCCCCCCCCCCC. The number of hydrogen-bond donors (Lipinski definition) is 9. The van der Waals surface area contributed by atoms with Crippen LogP contribution in [-0.2, 0) is 23.7 Å². The number of ether oxygens (including phenoxy) is 4. The zero-order valence-corrected chi connectivity index (χ0v) is 57.9. The topological polar surface area (TPSA) is 228 Å². The first kappa shape index (κ1) is 84.3. The predicted molar refractivity (Wildman–Crippen MR) is 369 cm³/mol. The molecular weight excluding hydrogens is 1130 g/mol. The molecule has 2 saturated heterocycles. The molecule has 1 amide bonds. The number of unbranched alkanes of at least 4 members (excludes halogenated alkanes) is 45. The summed E-state index contributed by atoms with van der Waals surface area (Å²) in [5, 5.41) is 87.7. The van der Waals surface area contributed by atoms with Crippen molar-refractivity contribution in [1.82, 2.24) is 5.32 Å². The average Bonchev–Trinajstić information content (AvgIpc) is 1.28. The van der Waals surface area contributed by atoms with Crippen molar-refractivity contribution >= 4 is 5.91 Å². The van der Waals surface area contributed by atoms with E-state index in [1.54, 1.807) is 0 Å². The minimum atomic E-state index is -1.78. The van der Waals surface area contributed by atoms with Gasteiger partial charge in [0.05, 0.1) is 32.0 Å². The minimum Gasteiger partial charge on any atom is -0.394 e. The summed E-state index contributed by atoms with van der Waals surface area (Å²) in [4.78, 5) is 13.4. The average molecular weight is 1280 g/mol. The van der Waals surface area contributed by atoms with Crippen molar-refractivity contribution in [2.45, 2.75) is 421 Å². The van der Waals surface area contributed by atoms with Crippen LogP contribution in [-0.4, -0.2) is 140 Å². The summed E-state index contributed by atoms with van der Waals surface area (Å²) >= 11 is 0. The fourth-order valence-corrected chi connectivity index (χ4v) is 12.8. The van der Waals surface area contributed by atoms with Gasteiger partial charge in [-0.15, -0.1) is 0 Å². The zero-order chi connectivity index (χ0) is 65.2. The van der Waals surface area contributed by atoms with E-state index in [2.05, 4.69) is 55.6 Å². The van der Waals surface area contributed by atoms with Crippen molar-refractivity contribution in [3.63, 3.8) is 0 Å². The quantitative estimate of drug-likeness (QED) is 0.0204. The van der Waals surface area contributed by atoms with Gasteiger partial charge in [-0.05, 0) is 51.4 Å². The zero-order valence-electron chi connectivity index (χ0n) is 57.9. The van der Waals surface area contributed by atoms with Gasteiger partial charge < -0.3 is 65.1 Å². The molecule has 530 valence electrons. The number of nitrogens with one attached hydrogen (secondary N) is 1. The molecule has 0 aromatic heterocycles. The van der Waals surface area contributed by atoms with Crippen molar-refractivity contribution in [3.8, 4) is 0 Å². The summed E-state index contributed by atoms with van der Waals surface area (Å²) in [5.74, 6) is -0.200. The summed E-state index contributed by atoms with van der Waals surface area (Å²) < 4.78 is 23.0. The van der Waals surface area contributed by atoms with Crippen molar-refractivity contribution in [2.24, 2.45) is 0 Å². The molecule has 90 heavy (non-hydrogen) atoms. The second-order valence-corrected chi connectivity index (χ2v) is 27.1. The normalized spacial score (nSPS) is 23.0. The van der Waals surface area contributed by atoms with Crippen LogP contribution in [0.3, 0.4) is 0 Å². The van der Waals surface area contributed by atoms with Gasteiger partial charge >= 0.3 is 0 Å². The number of aliphatic hydroxyl groups excluding tert-OH is 8. The molecule has 2 aliphatic heterocycles. The molecule has 0 radical (unpaired) electrons. The summed E-state index contributed by atoms with van der Waals surface area (Å²) in [7, 11) is 0. The van der Waals surface area contributed by atoms with E-state index in [1.165, 1.54) is 257 Å². The highest BCUT2D eigenvalue weighted by Gasteiger charge is 2.51. The largest absolute Gasteiger partial charge is 0.394 e. The molecule has 2 aliphatic rings. The van der Waals surface area contributed by atoms with Crippen molar-refractivity contribution in [2.75, 3.05) is 19.8 Å². The monoisotopic (exact) mass is 1280 g/mol. The highest BCUT2D eigenvalue weighted by atomic mass is 16.7. The van der Waals surface area contributed by atoms with E-state index in [1.807, 2.05) is 0 Å². The number of carbonyl (C=O) groups is 1. The number of amides is 1. The van der Waals surface area contributed by atoms with Gasteiger partial charge in [0.15, 0.2) is 12.6 Å². The molecule has 14 nitrogen and oxygen atoms in total. The molecule has 0 spiro atoms. The van der Waals surface area contributed by atoms with Crippen LogP contribution in [0, 0.1) is 0 Å². The van der Waals surface area contributed by atoms with Gasteiger partial charge in [-0.1, -0.05) is 326 Å². The molecular formula is C76H143NO13. The molecule has 14 heteroatoms. The molecule has 9 N–H and O–H groups in total. The number of carbonyl (C=O) groups excluding carboxylic acids is 1. The van der Waals surface area contributed by atoms with E-state index in [-0.39, 0.29) is 12.5 Å². The maximum absolute atomic E-state index is 13.4. The molecule has 12 atom stereocenters. The lowest BCUT2D eigenvalue weighted by atomic mass is 9.97. The van der Waals surface area contributed by atoms with Gasteiger partial charge in [0.1, 0.15) is 48.8 Å². The fourth-order valence-electron chi connectivity index (χ4n) is 12.8. The standard InChI is InChI=1S/C76H143NO13/c1-3-5-7-9-11-13-15-17-19-21-23-25-26-27-28-29-30-31-32-33-34-35-36-37-38-40-42-44-46-48-50-52-54-56-58-60-68(81)77-64(65(80)59-57-55-53-51-49-47-45-43-41-39-24-22-20-18-16-14-12-10-8-6-4-2)63-87-75-73(86)71(84)74(67(62-79)89-75)90-76-72(85)70(83)69(82)66(61-78)88-76/h15,17,21,23,26-27,64-67,69-76,78-80,82-86H,3-14,16,18-20,22,24-25,28-63H2,1-2H3,(H,77,81)/b17-15-,23-21-,27-26-. The Hall–Kier alpha value is -1.79. The summed E-state index contributed by atoms with van der Waals surface area (Å²) in [6, 6.07) is -0.828. The van der Waals surface area contributed by atoms with Crippen molar-refractivity contribution in [3.05, 3.63) is 36.5 Å². The van der Waals surface area contributed by atoms with Crippen LogP contribution in [0.4, 0.5) is 0 Å². The molecule has 0 aromatic carbocycles. The summed E-state index contributed by atoms with van der Waals surface area (Å²) in [5.41, 5.74) is 0. The Labute approximate surface area is 551 Å². The molecule has 0 aliphatic carbocycles. The van der Waals surface area contributed by atoms with Gasteiger partial charge in [0, 0.05) is 6.42 Å². The Bertz CT molecular complexity index is 1650. The molecule has 2 rings (SSSR count). The van der Waals surface area contributed by atoms with Gasteiger partial charge in [0.2, 0.25) is 5.91 Å². The van der Waals surface area contributed by atoms with E-state index in [4.69, 9.17) is 18.9 Å². The van der Waals surface area contributed by atoms with Crippen LogP contribution >= 0.6 is 0 Å². The Morgan fingerprint density at radius 1 is 0.400 bits per heavy atom. The van der Waals surface area contributed by atoms with Crippen molar-refractivity contribution < 1.29 is 64.6 Å². The summed E-state index contributed by atoms with van der Waals surface area (Å²) in [6.45, 7) is 2.91.